The summed E-state index contributed by atoms with van der Waals surface area (Å²) in [5.41, 5.74) is 0.703. The number of benzene rings is 1. The van der Waals surface area contributed by atoms with Gasteiger partial charge in [-0.15, -0.1) is 11.6 Å². The van der Waals surface area contributed by atoms with E-state index in [1.165, 1.54) is 18.9 Å². The average molecular weight is 299 g/mol. The van der Waals surface area contributed by atoms with E-state index < -0.39 is 11.6 Å². The molecule has 0 aliphatic heterocycles. The number of nitrogens with zero attached hydrogens (tertiary/aromatic N) is 2. The van der Waals surface area contributed by atoms with Crippen molar-refractivity contribution in [2.45, 2.75) is 38.6 Å². The molecule has 1 aromatic heterocycles. The molecule has 2 unspecified atom stereocenters. The standard InChI is InChI=1S/C15H17ClF2N2/c1-8(10-3-4-10)7-20-14-12(19-15(20)9(2)16)6-5-11(17)13(14)18/h5-6,8-10H,3-4,7H2,1-2H3. The maximum absolute atomic E-state index is 14.1. The number of aromatic nitrogens is 2. The first-order chi connectivity index (χ1) is 9.49. The van der Waals surface area contributed by atoms with Gasteiger partial charge in [-0.3, -0.25) is 0 Å². The molecule has 1 aliphatic rings. The molecule has 0 spiro atoms. The first kappa shape index (κ1) is 13.8. The lowest BCUT2D eigenvalue weighted by Crippen LogP contribution is -2.13. The number of hydrogen-bond donors (Lipinski definition) is 0. The van der Waals surface area contributed by atoms with Crippen LogP contribution in [0.2, 0.25) is 0 Å². The van der Waals surface area contributed by atoms with Gasteiger partial charge in [-0.05, 0) is 43.7 Å². The van der Waals surface area contributed by atoms with E-state index in [1.54, 1.807) is 11.5 Å². The largest absolute Gasteiger partial charge is 0.324 e. The van der Waals surface area contributed by atoms with Crippen LogP contribution in [0.3, 0.4) is 0 Å². The summed E-state index contributed by atoms with van der Waals surface area (Å²) in [6, 6.07) is 2.62. The minimum atomic E-state index is -0.841. The van der Waals surface area contributed by atoms with E-state index in [0.29, 0.717) is 29.7 Å². The molecule has 0 N–H and O–H groups in total. The third-order valence-corrected chi connectivity index (χ3v) is 4.28. The van der Waals surface area contributed by atoms with E-state index in [0.717, 1.165) is 6.07 Å². The molecule has 1 heterocycles. The molecular weight excluding hydrogens is 282 g/mol. The number of fused-ring (bicyclic) bond motifs is 1. The molecule has 108 valence electrons. The summed E-state index contributed by atoms with van der Waals surface area (Å²) in [5, 5.41) is -0.337. The summed E-state index contributed by atoms with van der Waals surface area (Å²) >= 11 is 6.15. The van der Waals surface area contributed by atoms with Crippen LogP contribution in [0.25, 0.3) is 11.0 Å². The van der Waals surface area contributed by atoms with Gasteiger partial charge in [-0.2, -0.15) is 0 Å². The second kappa shape index (κ2) is 4.99. The smallest absolute Gasteiger partial charge is 0.184 e. The SMILES string of the molecule is CC(Cl)c1nc2ccc(F)c(F)c2n1CC(C)C1CC1. The maximum Gasteiger partial charge on any atom is 0.184 e. The van der Waals surface area contributed by atoms with E-state index in [-0.39, 0.29) is 10.9 Å². The normalized spacial score (nSPS) is 18.4. The van der Waals surface area contributed by atoms with Crippen molar-refractivity contribution in [1.29, 1.82) is 0 Å². The number of hydrogen-bond acceptors (Lipinski definition) is 1. The molecule has 1 saturated carbocycles. The van der Waals surface area contributed by atoms with Crippen LogP contribution in [0, 0.1) is 23.5 Å². The lowest BCUT2D eigenvalue weighted by atomic mass is 10.1. The van der Waals surface area contributed by atoms with Crippen molar-refractivity contribution in [3.8, 4) is 0 Å². The molecule has 2 nitrogen and oxygen atoms in total. The molecule has 1 fully saturated rings. The monoisotopic (exact) mass is 298 g/mol. The van der Waals surface area contributed by atoms with Crippen molar-refractivity contribution < 1.29 is 8.78 Å². The van der Waals surface area contributed by atoms with E-state index in [4.69, 9.17) is 11.6 Å². The summed E-state index contributed by atoms with van der Waals surface area (Å²) in [5.74, 6) is 0.0403. The molecular formula is C15H17ClF2N2. The highest BCUT2D eigenvalue weighted by molar-refractivity contribution is 6.20. The Morgan fingerprint density at radius 1 is 1.35 bits per heavy atom. The van der Waals surface area contributed by atoms with Gasteiger partial charge in [0.2, 0.25) is 0 Å². The number of rotatable bonds is 4. The van der Waals surface area contributed by atoms with Crippen molar-refractivity contribution >= 4 is 22.6 Å². The van der Waals surface area contributed by atoms with Crippen LogP contribution >= 0.6 is 11.6 Å². The predicted molar refractivity (Wildman–Crippen MR) is 75.8 cm³/mol. The molecule has 0 bridgehead atoms. The molecule has 1 aromatic carbocycles. The fourth-order valence-electron chi connectivity index (χ4n) is 2.77. The fraction of sp³-hybridized carbons (Fsp3) is 0.533. The lowest BCUT2D eigenvalue weighted by Gasteiger charge is -2.16. The zero-order valence-corrected chi connectivity index (χ0v) is 12.3. The predicted octanol–water partition coefficient (Wildman–Crippen LogP) is 4.66. The molecule has 1 aliphatic carbocycles. The Hall–Kier alpha value is -1.16. The molecule has 20 heavy (non-hydrogen) atoms. The molecule has 0 saturated heterocycles. The minimum Gasteiger partial charge on any atom is -0.324 e. The van der Waals surface area contributed by atoms with Crippen molar-refractivity contribution in [3.63, 3.8) is 0 Å². The molecule has 2 atom stereocenters. The van der Waals surface area contributed by atoms with Gasteiger partial charge >= 0.3 is 0 Å². The van der Waals surface area contributed by atoms with Crippen LogP contribution in [0.15, 0.2) is 12.1 Å². The van der Waals surface area contributed by atoms with E-state index >= 15 is 0 Å². The Labute approximate surface area is 121 Å². The number of imidazole rings is 1. The van der Waals surface area contributed by atoms with Gasteiger partial charge in [0.05, 0.1) is 10.9 Å². The van der Waals surface area contributed by atoms with E-state index in [2.05, 4.69) is 11.9 Å². The Bertz CT molecular complexity index is 647. The summed E-state index contributed by atoms with van der Waals surface area (Å²) < 4.78 is 29.4. The Kier molecular flexibility index (Phi) is 3.44. The van der Waals surface area contributed by atoms with Gasteiger partial charge in [0, 0.05) is 6.54 Å². The summed E-state index contributed by atoms with van der Waals surface area (Å²) in [6.45, 7) is 4.58. The Morgan fingerprint density at radius 3 is 2.65 bits per heavy atom. The molecule has 3 rings (SSSR count). The van der Waals surface area contributed by atoms with Crippen LogP contribution in [-0.2, 0) is 6.54 Å². The van der Waals surface area contributed by atoms with Crippen molar-refractivity contribution in [2.24, 2.45) is 11.8 Å². The van der Waals surface area contributed by atoms with Crippen LogP contribution in [-0.4, -0.2) is 9.55 Å². The van der Waals surface area contributed by atoms with Crippen LogP contribution in [0.1, 0.15) is 37.9 Å². The van der Waals surface area contributed by atoms with Gasteiger partial charge in [0.25, 0.3) is 0 Å². The van der Waals surface area contributed by atoms with E-state index in [9.17, 15) is 8.78 Å². The highest BCUT2D eigenvalue weighted by Gasteiger charge is 2.30. The molecule has 0 amide bonds. The first-order valence-corrected chi connectivity index (χ1v) is 7.41. The quantitative estimate of drug-likeness (QED) is 0.751. The molecule has 0 radical (unpaired) electrons. The summed E-state index contributed by atoms with van der Waals surface area (Å²) in [7, 11) is 0. The van der Waals surface area contributed by atoms with E-state index in [1.807, 2.05) is 0 Å². The van der Waals surface area contributed by atoms with Crippen molar-refractivity contribution in [1.82, 2.24) is 9.55 Å². The third-order valence-electron chi connectivity index (χ3n) is 4.08. The first-order valence-electron chi connectivity index (χ1n) is 6.97. The van der Waals surface area contributed by atoms with Crippen LogP contribution in [0.4, 0.5) is 8.78 Å². The highest BCUT2D eigenvalue weighted by atomic mass is 35.5. The zero-order valence-electron chi connectivity index (χ0n) is 11.5. The van der Waals surface area contributed by atoms with Crippen molar-refractivity contribution in [3.05, 3.63) is 29.6 Å². The van der Waals surface area contributed by atoms with Crippen LogP contribution in [0.5, 0.6) is 0 Å². The number of halogens is 3. The average Bonchev–Trinajstić information content (AvgIpc) is 3.17. The number of alkyl halides is 1. The topological polar surface area (TPSA) is 17.8 Å². The second-order valence-electron chi connectivity index (χ2n) is 5.74. The fourth-order valence-corrected chi connectivity index (χ4v) is 2.93. The Balaban J connectivity index is 2.13. The second-order valence-corrected chi connectivity index (χ2v) is 6.40. The highest BCUT2D eigenvalue weighted by Crippen LogP contribution is 2.38. The van der Waals surface area contributed by atoms with Gasteiger partial charge in [0.15, 0.2) is 11.6 Å². The van der Waals surface area contributed by atoms with Gasteiger partial charge in [0.1, 0.15) is 11.3 Å². The van der Waals surface area contributed by atoms with Crippen LogP contribution < -0.4 is 0 Å². The minimum absolute atomic E-state index is 0.236. The Morgan fingerprint density at radius 2 is 2.05 bits per heavy atom. The van der Waals surface area contributed by atoms with Gasteiger partial charge in [-0.1, -0.05) is 6.92 Å². The molecule has 2 aromatic rings. The molecule has 5 heteroatoms. The third kappa shape index (κ3) is 2.30. The summed E-state index contributed by atoms with van der Waals surface area (Å²) in [6.07, 6.45) is 2.44. The van der Waals surface area contributed by atoms with Crippen molar-refractivity contribution in [2.75, 3.05) is 0 Å². The zero-order chi connectivity index (χ0) is 14.4. The summed E-state index contributed by atoms with van der Waals surface area (Å²) in [4.78, 5) is 4.37. The van der Waals surface area contributed by atoms with Gasteiger partial charge < -0.3 is 4.57 Å². The van der Waals surface area contributed by atoms with Gasteiger partial charge in [-0.25, -0.2) is 13.8 Å². The maximum atomic E-state index is 14.1. The lowest BCUT2D eigenvalue weighted by molar-refractivity contribution is 0.423.